The molecule has 0 bridgehead atoms. The van der Waals surface area contributed by atoms with Gasteiger partial charge in [0, 0.05) is 51.0 Å². The third-order valence-corrected chi connectivity index (χ3v) is 5.98. The van der Waals surface area contributed by atoms with Gasteiger partial charge in [0.05, 0.1) is 5.56 Å². The van der Waals surface area contributed by atoms with Crippen LogP contribution in [-0.2, 0) is 0 Å². The lowest BCUT2D eigenvalue weighted by molar-refractivity contribution is 0.0562. The van der Waals surface area contributed by atoms with E-state index in [-0.39, 0.29) is 11.7 Å². The third-order valence-electron chi connectivity index (χ3n) is 5.98. The number of carbonyl (C=O) groups excluding carboxylic acids is 1. The molecule has 1 atom stereocenters. The standard InChI is InChI=1S/C22H28FN3O2/c1-16-14-21(17(2)28-16)22(27)26-9-3-4-20(15-26)25-12-10-24(11-13-25)19-7-5-18(23)6-8-19/h5-8,14,20H,3-4,9-13,15H2,1-2H3/t20-/m0/s1. The van der Waals surface area contributed by atoms with E-state index in [1.54, 1.807) is 0 Å². The molecule has 0 N–H and O–H groups in total. The Hall–Kier alpha value is -2.34. The van der Waals surface area contributed by atoms with Crippen molar-refractivity contribution in [2.45, 2.75) is 32.7 Å². The molecule has 0 saturated carbocycles. The van der Waals surface area contributed by atoms with Crippen molar-refractivity contribution in [2.75, 3.05) is 44.2 Å². The molecule has 2 aliphatic rings. The minimum absolute atomic E-state index is 0.0870. The third kappa shape index (κ3) is 3.92. The summed E-state index contributed by atoms with van der Waals surface area (Å²) in [7, 11) is 0. The van der Waals surface area contributed by atoms with Gasteiger partial charge in [0.25, 0.3) is 5.91 Å². The Morgan fingerprint density at radius 2 is 1.79 bits per heavy atom. The Morgan fingerprint density at radius 1 is 1.07 bits per heavy atom. The zero-order chi connectivity index (χ0) is 19.7. The van der Waals surface area contributed by atoms with E-state index in [1.165, 1.54) is 12.1 Å². The van der Waals surface area contributed by atoms with E-state index in [4.69, 9.17) is 4.42 Å². The Balaban J connectivity index is 1.36. The monoisotopic (exact) mass is 385 g/mol. The van der Waals surface area contributed by atoms with Crippen LogP contribution in [0.2, 0.25) is 0 Å². The van der Waals surface area contributed by atoms with Gasteiger partial charge >= 0.3 is 0 Å². The molecule has 0 aliphatic carbocycles. The van der Waals surface area contributed by atoms with E-state index in [9.17, 15) is 9.18 Å². The lowest BCUT2D eigenvalue weighted by Gasteiger charge is -2.44. The van der Waals surface area contributed by atoms with Crippen LogP contribution in [0.1, 0.15) is 34.7 Å². The fraction of sp³-hybridized carbons (Fsp3) is 0.500. The minimum atomic E-state index is -0.197. The largest absolute Gasteiger partial charge is 0.466 e. The number of amides is 1. The second kappa shape index (κ2) is 7.95. The SMILES string of the molecule is Cc1cc(C(=O)N2CCC[C@H](N3CCN(c4ccc(F)cc4)CC3)C2)c(C)o1. The Labute approximate surface area is 165 Å². The van der Waals surface area contributed by atoms with E-state index in [0.29, 0.717) is 17.4 Å². The number of benzene rings is 1. The predicted octanol–water partition coefficient (Wildman–Crippen LogP) is 3.46. The number of piperidine rings is 1. The Kier molecular flexibility index (Phi) is 5.40. The highest BCUT2D eigenvalue weighted by molar-refractivity contribution is 5.95. The van der Waals surface area contributed by atoms with Crippen molar-refractivity contribution in [3.8, 4) is 0 Å². The molecule has 3 heterocycles. The quantitative estimate of drug-likeness (QED) is 0.811. The van der Waals surface area contributed by atoms with Crippen LogP contribution in [0, 0.1) is 19.7 Å². The average Bonchev–Trinajstić information content (AvgIpc) is 3.06. The lowest BCUT2D eigenvalue weighted by atomic mass is 10.0. The summed E-state index contributed by atoms with van der Waals surface area (Å²) in [5, 5.41) is 0. The number of hydrogen-bond acceptors (Lipinski definition) is 4. The van der Waals surface area contributed by atoms with Crippen molar-refractivity contribution in [2.24, 2.45) is 0 Å². The van der Waals surface area contributed by atoms with Gasteiger partial charge < -0.3 is 14.2 Å². The van der Waals surface area contributed by atoms with Crippen molar-refractivity contribution in [1.82, 2.24) is 9.80 Å². The summed E-state index contributed by atoms with van der Waals surface area (Å²) in [6, 6.07) is 8.99. The zero-order valence-electron chi connectivity index (χ0n) is 16.7. The van der Waals surface area contributed by atoms with E-state index in [2.05, 4.69) is 9.80 Å². The minimum Gasteiger partial charge on any atom is -0.466 e. The van der Waals surface area contributed by atoms with Crippen LogP contribution >= 0.6 is 0 Å². The normalized spacial score (nSPS) is 21.2. The van der Waals surface area contributed by atoms with Crippen molar-refractivity contribution < 1.29 is 13.6 Å². The maximum absolute atomic E-state index is 13.1. The average molecular weight is 385 g/mol. The molecule has 5 nitrogen and oxygen atoms in total. The number of aryl methyl sites for hydroxylation is 2. The number of carbonyl (C=O) groups is 1. The van der Waals surface area contributed by atoms with Crippen molar-refractivity contribution in [3.05, 3.63) is 53.2 Å². The molecule has 28 heavy (non-hydrogen) atoms. The second-order valence-corrected chi connectivity index (χ2v) is 7.87. The number of piperazine rings is 1. The fourth-order valence-electron chi connectivity index (χ4n) is 4.45. The number of furan rings is 1. The molecule has 2 aromatic rings. The molecule has 2 fully saturated rings. The summed E-state index contributed by atoms with van der Waals surface area (Å²) >= 11 is 0. The zero-order valence-corrected chi connectivity index (χ0v) is 16.7. The molecule has 4 rings (SSSR count). The van der Waals surface area contributed by atoms with Gasteiger partial charge in [-0.3, -0.25) is 9.69 Å². The molecule has 2 aliphatic heterocycles. The Bertz CT molecular complexity index is 825. The number of hydrogen-bond donors (Lipinski definition) is 0. The van der Waals surface area contributed by atoms with E-state index in [0.717, 1.165) is 63.6 Å². The highest BCUT2D eigenvalue weighted by atomic mass is 19.1. The molecule has 150 valence electrons. The molecule has 0 unspecified atom stereocenters. The van der Waals surface area contributed by atoms with Gasteiger partial charge in [-0.15, -0.1) is 0 Å². The summed E-state index contributed by atoms with van der Waals surface area (Å²) < 4.78 is 18.7. The molecule has 1 aromatic heterocycles. The molecular weight excluding hydrogens is 357 g/mol. The first-order valence-corrected chi connectivity index (χ1v) is 10.1. The summed E-state index contributed by atoms with van der Waals surface area (Å²) in [4.78, 5) is 19.7. The maximum Gasteiger partial charge on any atom is 0.257 e. The topological polar surface area (TPSA) is 39.9 Å². The molecule has 2 saturated heterocycles. The number of likely N-dealkylation sites (tertiary alicyclic amines) is 1. The maximum atomic E-state index is 13.1. The number of rotatable bonds is 3. The highest BCUT2D eigenvalue weighted by Crippen LogP contribution is 2.23. The fourth-order valence-corrected chi connectivity index (χ4v) is 4.45. The summed E-state index contributed by atoms with van der Waals surface area (Å²) in [5.74, 6) is 1.38. The first kappa shape index (κ1) is 19.0. The van der Waals surface area contributed by atoms with Crippen LogP contribution in [0.3, 0.4) is 0 Å². The van der Waals surface area contributed by atoms with Crippen molar-refractivity contribution >= 4 is 11.6 Å². The van der Waals surface area contributed by atoms with Crippen LogP contribution in [0.25, 0.3) is 0 Å². The van der Waals surface area contributed by atoms with Gasteiger partial charge in [-0.05, 0) is 57.0 Å². The van der Waals surface area contributed by atoms with E-state index in [1.807, 2.05) is 36.9 Å². The number of nitrogens with zero attached hydrogens (tertiary/aromatic N) is 3. The van der Waals surface area contributed by atoms with Crippen LogP contribution in [0.4, 0.5) is 10.1 Å². The van der Waals surface area contributed by atoms with Gasteiger partial charge in [0.15, 0.2) is 0 Å². The van der Waals surface area contributed by atoms with Crippen LogP contribution in [0.5, 0.6) is 0 Å². The predicted molar refractivity (Wildman–Crippen MR) is 107 cm³/mol. The van der Waals surface area contributed by atoms with Crippen molar-refractivity contribution in [3.63, 3.8) is 0 Å². The second-order valence-electron chi connectivity index (χ2n) is 7.87. The first-order chi connectivity index (χ1) is 13.5. The smallest absolute Gasteiger partial charge is 0.257 e. The highest BCUT2D eigenvalue weighted by Gasteiger charge is 2.31. The molecule has 1 amide bonds. The molecule has 6 heteroatoms. The summed E-state index contributed by atoms with van der Waals surface area (Å²) in [6.07, 6.45) is 2.16. The van der Waals surface area contributed by atoms with Crippen LogP contribution < -0.4 is 4.90 Å². The van der Waals surface area contributed by atoms with Gasteiger partial charge in [-0.1, -0.05) is 0 Å². The molecule has 1 aromatic carbocycles. The van der Waals surface area contributed by atoms with Crippen LogP contribution in [0.15, 0.2) is 34.7 Å². The summed E-state index contributed by atoms with van der Waals surface area (Å²) in [6.45, 7) is 9.11. The Morgan fingerprint density at radius 3 is 2.43 bits per heavy atom. The van der Waals surface area contributed by atoms with E-state index >= 15 is 0 Å². The summed E-state index contributed by atoms with van der Waals surface area (Å²) in [5.41, 5.74) is 1.77. The van der Waals surface area contributed by atoms with Gasteiger partial charge in [0.2, 0.25) is 0 Å². The van der Waals surface area contributed by atoms with Gasteiger partial charge in [-0.2, -0.15) is 0 Å². The first-order valence-electron chi connectivity index (χ1n) is 10.1. The number of anilines is 1. The van der Waals surface area contributed by atoms with Crippen molar-refractivity contribution in [1.29, 1.82) is 0 Å². The van der Waals surface area contributed by atoms with Gasteiger partial charge in [0.1, 0.15) is 17.3 Å². The van der Waals surface area contributed by atoms with Gasteiger partial charge in [-0.25, -0.2) is 4.39 Å². The molecule has 0 radical (unpaired) electrons. The number of halogens is 1. The van der Waals surface area contributed by atoms with Crippen LogP contribution in [-0.4, -0.2) is 61.0 Å². The molecular formula is C22H28FN3O2. The lowest BCUT2D eigenvalue weighted by Crippen LogP contribution is -2.55. The molecule has 0 spiro atoms. The van der Waals surface area contributed by atoms with E-state index < -0.39 is 0 Å².